The van der Waals surface area contributed by atoms with Gasteiger partial charge in [-0.25, -0.2) is 9.59 Å². The lowest BCUT2D eigenvalue weighted by Gasteiger charge is -2.18. The lowest BCUT2D eigenvalue weighted by molar-refractivity contribution is -0.141. The molecule has 0 bridgehead atoms. The lowest BCUT2D eigenvalue weighted by Crippen LogP contribution is -2.42. The van der Waals surface area contributed by atoms with Crippen LogP contribution in [-0.2, 0) is 19.1 Å². The Labute approximate surface area is 179 Å². The van der Waals surface area contributed by atoms with Gasteiger partial charge >= 0.3 is 11.9 Å². The number of aliphatic hydroxyl groups is 1. The summed E-state index contributed by atoms with van der Waals surface area (Å²) in [6.45, 7) is 3.69. The van der Waals surface area contributed by atoms with Crippen molar-refractivity contribution >= 4 is 29.0 Å². The maximum absolute atomic E-state index is 13.2. The summed E-state index contributed by atoms with van der Waals surface area (Å²) < 4.78 is 5.31. The van der Waals surface area contributed by atoms with Crippen LogP contribution in [0.4, 0.5) is 0 Å². The van der Waals surface area contributed by atoms with E-state index in [-0.39, 0.29) is 29.2 Å². The minimum Gasteiger partial charge on any atom is -0.504 e. The highest BCUT2D eigenvalue weighted by atomic mass is 16.6. The van der Waals surface area contributed by atoms with Crippen molar-refractivity contribution in [3.05, 3.63) is 83.3 Å². The number of cyclic esters (lactones) is 1. The number of esters is 1. The van der Waals surface area contributed by atoms with Gasteiger partial charge in [0.25, 0.3) is 5.91 Å². The second kappa shape index (κ2) is 9.30. The highest BCUT2D eigenvalue weighted by molar-refractivity contribution is 6.26. The largest absolute Gasteiger partial charge is 0.504 e. The minimum atomic E-state index is -1.17. The van der Waals surface area contributed by atoms with Crippen LogP contribution in [0.15, 0.2) is 72.2 Å². The van der Waals surface area contributed by atoms with Crippen LogP contribution in [0, 0.1) is 5.92 Å². The number of benzene rings is 2. The van der Waals surface area contributed by atoms with Crippen LogP contribution in [0.5, 0.6) is 0 Å². The topological polar surface area (TPSA) is 113 Å². The average molecular weight is 421 g/mol. The van der Waals surface area contributed by atoms with Crippen LogP contribution in [0.1, 0.15) is 31.4 Å². The maximum Gasteiger partial charge on any atom is 0.348 e. The van der Waals surface area contributed by atoms with Gasteiger partial charge in [0.2, 0.25) is 0 Å². The summed E-state index contributed by atoms with van der Waals surface area (Å²) in [5, 5.41) is 22.8. The van der Waals surface area contributed by atoms with Crippen molar-refractivity contribution in [1.29, 1.82) is 0 Å². The third-order valence-electron chi connectivity index (χ3n) is 4.74. The van der Waals surface area contributed by atoms with Crippen LogP contribution >= 0.6 is 0 Å². The number of aliphatic carboxylic acids is 1. The summed E-state index contributed by atoms with van der Waals surface area (Å²) in [5.74, 6) is -3.48. The molecule has 1 atom stereocenters. The van der Waals surface area contributed by atoms with Crippen molar-refractivity contribution < 1.29 is 29.3 Å². The van der Waals surface area contributed by atoms with Crippen LogP contribution in [0.2, 0.25) is 0 Å². The molecule has 0 aliphatic carbocycles. The molecule has 3 N–H and O–H groups in total. The van der Waals surface area contributed by atoms with E-state index in [4.69, 9.17) is 4.74 Å². The molecule has 3 rings (SSSR count). The van der Waals surface area contributed by atoms with Crippen molar-refractivity contribution in [2.75, 3.05) is 0 Å². The molecule has 2 aromatic carbocycles. The molecule has 1 aliphatic heterocycles. The Bertz CT molecular complexity index is 1050. The molecule has 1 heterocycles. The summed E-state index contributed by atoms with van der Waals surface area (Å²) in [7, 11) is 0. The third kappa shape index (κ3) is 4.83. The summed E-state index contributed by atoms with van der Waals surface area (Å²) in [6.07, 6.45) is 0.218. The molecule has 0 saturated carbocycles. The van der Waals surface area contributed by atoms with Crippen molar-refractivity contribution in [2.45, 2.75) is 26.3 Å². The van der Waals surface area contributed by atoms with Gasteiger partial charge in [-0.2, -0.15) is 0 Å². The number of nitrogens with one attached hydrogen (secondary N) is 1. The van der Waals surface area contributed by atoms with Gasteiger partial charge in [-0.15, -0.1) is 0 Å². The van der Waals surface area contributed by atoms with E-state index in [2.05, 4.69) is 5.32 Å². The Balaban J connectivity index is 2.11. The summed E-state index contributed by atoms with van der Waals surface area (Å²) in [4.78, 5) is 37.3. The highest BCUT2D eigenvalue weighted by Gasteiger charge is 2.36. The van der Waals surface area contributed by atoms with Gasteiger partial charge in [0.05, 0.1) is 5.57 Å². The Morgan fingerprint density at radius 3 is 2.13 bits per heavy atom. The van der Waals surface area contributed by atoms with Crippen molar-refractivity contribution in [1.82, 2.24) is 5.32 Å². The molecule has 0 unspecified atom stereocenters. The van der Waals surface area contributed by atoms with E-state index >= 15 is 0 Å². The van der Waals surface area contributed by atoms with E-state index in [1.807, 2.05) is 13.8 Å². The van der Waals surface area contributed by atoms with Crippen molar-refractivity contribution in [2.24, 2.45) is 5.92 Å². The molecule has 0 spiro atoms. The van der Waals surface area contributed by atoms with Gasteiger partial charge in [-0.3, -0.25) is 4.79 Å². The molecule has 7 heteroatoms. The van der Waals surface area contributed by atoms with Gasteiger partial charge in [0.1, 0.15) is 11.6 Å². The second-order valence-corrected chi connectivity index (χ2v) is 7.54. The first-order valence-corrected chi connectivity index (χ1v) is 9.84. The highest BCUT2D eigenvalue weighted by Crippen LogP contribution is 2.36. The molecule has 0 fully saturated rings. The van der Waals surface area contributed by atoms with E-state index < -0.39 is 29.6 Å². The van der Waals surface area contributed by atoms with Crippen LogP contribution in [0.3, 0.4) is 0 Å². The normalized spacial score (nSPS) is 16.2. The number of carboxylic acid groups (broad SMARTS) is 1. The Morgan fingerprint density at radius 1 is 1.00 bits per heavy atom. The predicted molar refractivity (Wildman–Crippen MR) is 114 cm³/mol. The van der Waals surface area contributed by atoms with Crippen LogP contribution < -0.4 is 5.32 Å². The fraction of sp³-hybridized carbons (Fsp3) is 0.208. The monoisotopic (exact) mass is 421 g/mol. The number of hydrogen-bond acceptors (Lipinski definition) is 5. The zero-order valence-corrected chi connectivity index (χ0v) is 17.2. The number of ether oxygens (including phenoxy) is 1. The molecule has 1 aliphatic rings. The van der Waals surface area contributed by atoms with Crippen molar-refractivity contribution in [3.63, 3.8) is 0 Å². The molecule has 7 nitrogen and oxygen atoms in total. The summed E-state index contributed by atoms with van der Waals surface area (Å²) in [5.41, 5.74) is 0.634. The van der Waals surface area contributed by atoms with E-state index in [0.717, 1.165) is 0 Å². The first kappa shape index (κ1) is 21.8. The molecule has 160 valence electrons. The number of aliphatic hydroxyl groups excluding tert-OH is 1. The number of carbonyl (C=O) groups is 3. The minimum absolute atomic E-state index is 0.0246. The number of rotatable bonds is 7. The summed E-state index contributed by atoms with van der Waals surface area (Å²) in [6, 6.07) is 15.7. The zero-order chi connectivity index (χ0) is 22.5. The molecule has 31 heavy (non-hydrogen) atoms. The number of carboxylic acids is 1. The molecule has 0 radical (unpaired) electrons. The smallest absolute Gasteiger partial charge is 0.348 e. The van der Waals surface area contributed by atoms with Gasteiger partial charge in [0, 0.05) is 0 Å². The lowest BCUT2D eigenvalue weighted by atomic mass is 9.99. The van der Waals surface area contributed by atoms with Crippen LogP contribution in [-0.4, -0.2) is 34.1 Å². The molecule has 0 saturated heterocycles. The van der Waals surface area contributed by atoms with Crippen LogP contribution in [0.25, 0.3) is 11.1 Å². The van der Waals surface area contributed by atoms with E-state index in [1.54, 1.807) is 60.7 Å². The fourth-order valence-electron chi connectivity index (χ4n) is 3.32. The van der Waals surface area contributed by atoms with Gasteiger partial charge in [0.15, 0.2) is 11.5 Å². The Morgan fingerprint density at radius 2 is 1.58 bits per heavy atom. The van der Waals surface area contributed by atoms with E-state index in [0.29, 0.717) is 11.1 Å². The number of carbonyl (C=O) groups excluding carboxylic acids is 2. The third-order valence-corrected chi connectivity index (χ3v) is 4.74. The van der Waals surface area contributed by atoms with Gasteiger partial charge < -0.3 is 20.3 Å². The molecular weight excluding hydrogens is 398 g/mol. The second-order valence-electron chi connectivity index (χ2n) is 7.54. The van der Waals surface area contributed by atoms with E-state index in [9.17, 15) is 24.6 Å². The number of hydrogen-bond donors (Lipinski definition) is 3. The standard InChI is InChI=1S/C24H23NO6/c1-14(2)13-17(23(28)29)25-22(27)19(16-11-7-4-8-12-16)21-20(26)18(24(30)31-21)15-9-5-3-6-10-15/h3-12,14,17,26H,13H2,1-2H3,(H,25,27)(H,28,29)/b21-19+/t17-/m0/s1. The van der Waals surface area contributed by atoms with Gasteiger partial charge in [-0.05, 0) is 23.5 Å². The SMILES string of the molecule is CC(C)C[C@H](NC(=O)/C(=C1/OC(=O)C(c2ccccc2)=C1O)c1ccccc1)C(=O)O. The summed E-state index contributed by atoms with van der Waals surface area (Å²) >= 11 is 0. The fourth-order valence-corrected chi connectivity index (χ4v) is 3.32. The maximum atomic E-state index is 13.2. The zero-order valence-electron chi connectivity index (χ0n) is 17.2. The van der Waals surface area contributed by atoms with E-state index in [1.165, 1.54) is 0 Å². The molecule has 2 aromatic rings. The molecular formula is C24H23NO6. The molecule has 1 amide bonds. The quantitative estimate of drug-likeness (QED) is 0.466. The predicted octanol–water partition coefficient (Wildman–Crippen LogP) is 3.54. The average Bonchev–Trinajstić information content (AvgIpc) is 3.02. The number of amides is 1. The first-order chi connectivity index (χ1) is 14.8. The first-order valence-electron chi connectivity index (χ1n) is 9.84. The Hall–Kier alpha value is -3.87. The Kier molecular flexibility index (Phi) is 6.55. The van der Waals surface area contributed by atoms with Crippen molar-refractivity contribution in [3.8, 4) is 0 Å². The van der Waals surface area contributed by atoms with Gasteiger partial charge in [-0.1, -0.05) is 74.5 Å². The molecule has 0 aromatic heterocycles.